The predicted octanol–water partition coefficient (Wildman–Crippen LogP) is 3.46. The van der Waals surface area contributed by atoms with Gasteiger partial charge in [-0.1, -0.05) is 24.3 Å². The number of rotatable bonds is 7. The molecule has 0 bridgehead atoms. The van der Waals surface area contributed by atoms with Gasteiger partial charge in [0.25, 0.3) is 0 Å². The van der Waals surface area contributed by atoms with Crippen LogP contribution >= 0.6 is 12.4 Å². The van der Waals surface area contributed by atoms with Crippen molar-refractivity contribution < 1.29 is 14.7 Å². The maximum absolute atomic E-state index is 12.5. The molecule has 1 fully saturated rings. The Labute approximate surface area is 143 Å². The Morgan fingerprint density at radius 3 is 2.22 bits per heavy atom. The molecule has 0 radical (unpaired) electrons. The molecule has 23 heavy (non-hydrogen) atoms. The zero-order valence-corrected chi connectivity index (χ0v) is 14.2. The Kier molecular flexibility index (Phi) is 8.28. The first-order chi connectivity index (χ1) is 10.6. The molecular formula is C18H26ClNO3. The molecule has 1 aliphatic carbocycles. The minimum atomic E-state index is -0.764. The largest absolute Gasteiger partial charge is 0.481 e. The van der Waals surface area contributed by atoms with Gasteiger partial charge in [0, 0.05) is 17.9 Å². The van der Waals surface area contributed by atoms with Crippen molar-refractivity contribution in [2.75, 3.05) is 6.54 Å². The summed E-state index contributed by atoms with van der Waals surface area (Å²) in [6.07, 6.45) is 5.56. The zero-order valence-electron chi connectivity index (χ0n) is 13.4. The monoisotopic (exact) mass is 339 g/mol. The lowest BCUT2D eigenvalue weighted by Crippen LogP contribution is -2.25. The van der Waals surface area contributed by atoms with Crippen molar-refractivity contribution in [1.82, 2.24) is 0 Å². The second kappa shape index (κ2) is 9.68. The molecule has 0 aromatic heterocycles. The molecule has 0 amide bonds. The Hall–Kier alpha value is -1.39. The minimum absolute atomic E-state index is 0. The number of aryl methyl sites for hydroxylation is 1. The van der Waals surface area contributed by atoms with E-state index in [0.29, 0.717) is 12.3 Å². The Morgan fingerprint density at radius 2 is 1.70 bits per heavy atom. The van der Waals surface area contributed by atoms with E-state index in [2.05, 4.69) is 0 Å². The zero-order chi connectivity index (χ0) is 15.9. The fraction of sp³-hybridized carbons (Fsp3) is 0.556. The first-order valence-electron chi connectivity index (χ1n) is 8.15. The second-order valence-electron chi connectivity index (χ2n) is 6.26. The molecule has 0 aliphatic heterocycles. The lowest BCUT2D eigenvalue weighted by molar-refractivity contribution is -0.137. The standard InChI is InChI=1S/C18H25NO3.ClH/c19-12-14-6-10-16(11-7-14)18(22)15-8-4-13(5-9-15)2-1-3-17(20)21;/h4-5,8-9,14,16H,1-3,6-7,10-12,19H2,(H,20,21);1H/t14-,16-;. The van der Waals surface area contributed by atoms with Crippen molar-refractivity contribution in [3.05, 3.63) is 35.4 Å². The van der Waals surface area contributed by atoms with Crippen LogP contribution in [-0.4, -0.2) is 23.4 Å². The van der Waals surface area contributed by atoms with Crippen LogP contribution in [0.25, 0.3) is 0 Å². The molecule has 2 rings (SSSR count). The average Bonchev–Trinajstić information content (AvgIpc) is 2.54. The highest BCUT2D eigenvalue weighted by Crippen LogP contribution is 2.30. The SMILES string of the molecule is Cl.NC[C@H]1CC[C@H](C(=O)c2ccc(CCCC(=O)O)cc2)CC1. The van der Waals surface area contributed by atoms with E-state index in [-0.39, 0.29) is 30.5 Å². The van der Waals surface area contributed by atoms with Gasteiger partial charge in [-0.2, -0.15) is 0 Å². The van der Waals surface area contributed by atoms with Gasteiger partial charge in [0.2, 0.25) is 0 Å². The first-order valence-corrected chi connectivity index (χ1v) is 8.15. The molecule has 1 aliphatic rings. The van der Waals surface area contributed by atoms with E-state index < -0.39 is 5.97 Å². The molecule has 0 saturated heterocycles. The van der Waals surface area contributed by atoms with E-state index in [4.69, 9.17) is 10.8 Å². The van der Waals surface area contributed by atoms with Crippen LogP contribution < -0.4 is 5.73 Å². The smallest absolute Gasteiger partial charge is 0.303 e. The van der Waals surface area contributed by atoms with Crippen LogP contribution in [0.1, 0.15) is 54.4 Å². The fourth-order valence-corrected chi connectivity index (χ4v) is 3.18. The van der Waals surface area contributed by atoms with Gasteiger partial charge in [0.05, 0.1) is 0 Å². The third kappa shape index (κ3) is 5.96. The van der Waals surface area contributed by atoms with Gasteiger partial charge in [0.1, 0.15) is 0 Å². The summed E-state index contributed by atoms with van der Waals surface area (Å²) < 4.78 is 0. The van der Waals surface area contributed by atoms with Crippen molar-refractivity contribution in [1.29, 1.82) is 0 Å². The van der Waals surface area contributed by atoms with Gasteiger partial charge < -0.3 is 10.8 Å². The predicted molar refractivity (Wildman–Crippen MR) is 93.1 cm³/mol. The highest BCUT2D eigenvalue weighted by atomic mass is 35.5. The van der Waals surface area contributed by atoms with Gasteiger partial charge >= 0.3 is 5.97 Å². The molecule has 0 spiro atoms. The Morgan fingerprint density at radius 1 is 1.09 bits per heavy atom. The molecule has 1 aromatic rings. The number of carbonyl (C=O) groups is 2. The summed E-state index contributed by atoms with van der Waals surface area (Å²) >= 11 is 0. The van der Waals surface area contributed by atoms with Crippen LogP contribution in [0.5, 0.6) is 0 Å². The van der Waals surface area contributed by atoms with Crippen molar-refractivity contribution in [2.24, 2.45) is 17.6 Å². The highest BCUT2D eigenvalue weighted by Gasteiger charge is 2.26. The number of carbonyl (C=O) groups excluding carboxylic acids is 1. The van der Waals surface area contributed by atoms with Crippen molar-refractivity contribution in [3.8, 4) is 0 Å². The molecule has 3 N–H and O–H groups in total. The Bertz CT molecular complexity index is 508. The fourth-order valence-electron chi connectivity index (χ4n) is 3.18. The molecule has 1 aromatic carbocycles. The van der Waals surface area contributed by atoms with Gasteiger partial charge in [0.15, 0.2) is 5.78 Å². The summed E-state index contributed by atoms with van der Waals surface area (Å²) in [6, 6.07) is 7.65. The maximum Gasteiger partial charge on any atom is 0.303 e. The van der Waals surface area contributed by atoms with E-state index in [1.54, 1.807) is 0 Å². The van der Waals surface area contributed by atoms with Crippen LogP contribution in [0.4, 0.5) is 0 Å². The molecule has 0 unspecified atom stereocenters. The first kappa shape index (κ1) is 19.7. The summed E-state index contributed by atoms with van der Waals surface area (Å²) in [4.78, 5) is 23.0. The van der Waals surface area contributed by atoms with Crippen molar-refractivity contribution in [2.45, 2.75) is 44.9 Å². The summed E-state index contributed by atoms with van der Waals surface area (Å²) in [5.41, 5.74) is 7.55. The summed E-state index contributed by atoms with van der Waals surface area (Å²) in [5, 5.41) is 8.64. The normalized spacial score (nSPS) is 20.6. The number of carboxylic acid groups (broad SMARTS) is 1. The van der Waals surface area contributed by atoms with Gasteiger partial charge in [-0.25, -0.2) is 0 Å². The molecular weight excluding hydrogens is 314 g/mol. The van der Waals surface area contributed by atoms with Gasteiger partial charge in [-0.3, -0.25) is 9.59 Å². The maximum atomic E-state index is 12.5. The third-order valence-electron chi connectivity index (χ3n) is 4.65. The lowest BCUT2D eigenvalue weighted by Gasteiger charge is -2.26. The molecule has 5 heteroatoms. The minimum Gasteiger partial charge on any atom is -0.481 e. The van der Waals surface area contributed by atoms with E-state index >= 15 is 0 Å². The van der Waals surface area contributed by atoms with Gasteiger partial charge in [-0.15, -0.1) is 12.4 Å². The van der Waals surface area contributed by atoms with Crippen LogP contribution in [0, 0.1) is 11.8 Å². The number of Topliss-reactive ketones (excluding diaryl/α,β-unsaturated/α-hetero) is 1. The van der Waals surface area contributed by atoms with E-state index in [0.717, 1.165) is 49.8 Å². The third-order valence-corrected chi connectivity index (χ3v) is 4.65. The van der Waals surface area contributed by atoms with E-state index in [1.165, 1.54) is 0 Å². The summed E-state index contributed by atoms with van der Waals surface area (Å²) in [5.74, 6) is 0.203. The summed E-state index contributed by atoms with van der Waals surface area (Å²) in [6.45, 7) is 0.728. The Balaban J connectivity index is 0.00000264. The van der Waals surface area contributed by atoms with Crippen LogP contribution in [0.2, 0.25) is 0 Å². The average molecular weight is 340 g/mol. The molecule has 128 valence electrons. The van der Waals surface area contributed by atoms with E-state index in [1.807, 2.05) is 24.3 Å². The highest BCUT2D eigenvalue weighted by molar-refractivity contribution is 5.97. The van der Waals surface area contributed by atoms with Crippen LogP contribution in [-0.2, 0) is 11.2 Å². The molecule has 4 nitrogen and oxygen atoms in total. The molecule has 0 heterocycles. The lowest BCUT2D eigenvalue weighted by atomic mass is 9.78. The van der Waals surface area contributed by atoms with E-state index in [9.17, 15) is 9.59 Å². The molecule has 0 atom stereocenters. The van der Waals surface area contributed by atoms with Crippen molar-refractivity contribution in [3.63, 3.8) is 0 Å². The van der Waals surface area contributed by atoms with Gasteiger partial charge in [-0.05, 0) is 56.6 Å². The number of hydrogen-bond acceptors (Lipinski definition) is 3. The number of aliphatic carboxylic acids is 1. The summed E-state index contributed by atoms with van der Waals surface area (Å²) in [7, 11) is 0. The second-order valence-corrected chi connectivity index (χ2v) is 6.26. The number of ketones is 1. The number of nitrogens with two attached hydrogens (primary N) is 1. The number of halogens is 1. The quantitative estimate of drug-likeness (QED) is 0.745. The van der Waals surface area contributed by atoms with Crippen molar-refractivity contribution >= 4 is 24.2 Å². The van der Waals surface area contributed by atoms with Crippen LogP contribution in [0.15, 0.2) is 24.3 Å². The number of carboxylic acids is 1. The van der Waals surface area contributed by atoms with Crippen LogP contribution in [0.3, 0.4) is 0 Å². The molecule has 1 saturated carbocycles. The topological polar surface area (TPSA) is 80.4 Å². The number of benzene rings is 1. The number of hydrogen-bond donors (Lipinski definition) is 2.